The number of Topliss-reactive ketones (excluding diaryl/α,β-unsaturated/α-hetero) is 1. The fourth-order valence-corrected chi connectivity index (χ4v) is 4.68. The van der Waals surface area contributed by atoms with Gasteiger partial charge >= 0.3 is 6.18 Å². The highest BCUT2D eigenvalue weighted by molar-refractivity contribution is 9.10. The molecule has 0 unspecified atom stereocenters. The fraction of sp³-hybridized carbons (Fsp3) is 0.217. The van der Waals surface area contributed by atoms with Crippen molar-refractivity contribution in [2.45, 2.75) is 31.4 Å². The van der Waals surface area contributed by atoms with Gasteiger partial charge in [0.05, 0.1) is 33.8 Å². The van der Waals surface area contributed by atoms with Crippen LogP contribution in [0.15, 0.2) is 69.6 Å². The number of nitriles is 1. The van der Waals surface area contributed by atoms with Crippen LogP contribution < -0.4 is 10.6 Å². The van der Waals surface area contributed by atoms with Gasteiger partial charge in [-0.3, -0.25) is 9.69 Å². The molecule has 0 saturated heterocycles. The number of carbonyl (C=O) groups excluding carboxylic acids is 1. The topological polar surface area (TPSA) is 70.1 Å². The molecular weight excluding hydrogens is 507 g/mol. The minimum absolute atomic E-state index is 0.0109. The molecule has 4 nitrogen and oxygen atoms in total. The average Bonchev–Trinajstić information content (AvgIpc) is 2.74. The standard InChI is InChI=1S/C23H16BrClF3N3O/c24-14-7-4-12(5-8-14)20-15(11-29)22(30)31(17-2-1-3-19(32)21(17)20)18-10-13(23(26,27)28)6-9-16(18)25/h4-10,20H,1-3,30H2/t20-/m0/s1. The number of anilines is 1. The summed E-state index contributed by atoms with van der Waals surface area (Å²) in [6.07, 6.45) is -3.37. The molecule has 2 aliphatic rings. The zero-order chi connectivity index (χ0) is 23.2. The van der Waals surface area contributed by atoms with Crippen LogP contribution in [-0.4, -0.2) is 5.78 Å². The van der Waals surface area contributed by atoms with Gasteiger partial charge in [0.15, 0.2) is 5.78 Å². The third kappa shape index (κ3) is 3.80. The van der Waals surface area contributed by atoms with E-state index in [2.05, 4.69) is 22.0 Å². The van der Waals surface area contributed by atoms with Gasteiger partial charge in [0.2, 0.25) is 0 Å². The molecule has 0 radical (unpaired) electrons. The van der Waals surface area contributed by atoms with Gasteiger partial charge in [0.1, 0.15) is 5.82 Å². The first kappa shape index (κ1) is 22.4. The monoisotopic (exact) mass is 521 g/mol. The van der Waals surface area contributed by atoms with Crippen LogP contribution in [0.2, 0.25) is 5.02 Å². The van der Waals surface area contributed by atoms with Crippen molar-refractivity contribution in [1.82, 2.24) is 0 Å². The van der Waals surface area contributed by atoms with E-state index in [1.807, 2.05) is 0 Å². The number of nitrogens with two attached hydrogens (primary N) is 1. The first-order chi connectivity index (χ1) is 15.1. The molecule has 32 heavy (non-hydrogen) atoms. The predicted molar refractivity (Wildman–Crippen MR) is 119 cm³/mol. The molecule has 9 heteroatoms. The third-order valence-corrected chi connectivity index (χ3v) is 6.48. The molecule has 0 aromatic heterocycles. The largest absolute Gasteiger partial charge is 0.416 e. The molecule has 0 fully saturated rings. The second-order valence-corrected chi connectivity index (χ2v) is 8.85. The van der Waals surface area contributed by atoms with E-state index in [0.717, 1.165) is 22.7 Å². The van der Waals surface area contributed by atoms with E-state index in [1.165, 1.54) is 4.90 Å². The summed E-state index contributed by atoms with van der Waals surface area (Å²) in [5.41, 5.74) is 7.12. The van der Waals surface area contributed by atoms with Crippen LogP contribution in [0, 0.1) is 11.3 Å². The number of halogens is 5. The first-order valence-electron chi connectivity index (χ1n) is 9.71. The Bertz CT molecular complexity index is 1210. The maximum atomic E-state index is 13.4. The normalized spacial score (nSPS) is 19.2. The van der Waals surface area contributed by atoms with E-state index < -0.39 is 17.7 Å². The Morgan fingerprint density at radius 3 is 2.47 bits per heavy atom. The molecule has 2 aromatic rings. The predicted octanol–water partition coefficient (Wildman–Crippen LogP) is 6.43. The van der Waals surface area contributed by atoms with Gasteiger partial charge in [0.25, 0.3) is 0 Å². The minimum atomic E-state index is -4.59. The van der Waals surface area contributed by atoms with E-state index in [9.17, 15) is 23.2 Å². The van der Waals surface area contributed by atoms with Crippen molar-refractivity contribution in [2.75, 3.05) is 4.90 Å². The molecule has 1 aliphatic carbocycles. The van der Waals surface area contributed by atoms with Gasteiger partial charge in [-0.15, -0.1) is 0 Å². The summed E-state index contributed by atoms with van der Waals surface area (Å²) in [5, 5.41) is 10.0. The molecule has 0 amide bonds. The zero-order valence-corrected chi connectivity index (χ0v) is 18.9. The van der Waals surface area contributed by atoms with Gasteiger partial charge in [0, 0.05) is 22.2 Å². The number of ketones is 1. The average molecular weight is 523 g/mol. The molecule has 1 atom stereocenters. The first-order valence-corrected chi connectivity index (χ1v) is 10.9. The Hall–Kier alpha value is -2.76. The number of allylic oxidation sites excluding steroid dienone is 3. The smallest absolute Gasteiger partial charge is 0.384 e. The second-order valence-electron chi connectivity index (χ2n) is 7.53. The van der Waals surface area contributed by atoms with Crippen molar-refractivity contribution in [3.63, 3.8) is 0 Å². The summed E-state index contributed by atoms with van der Waals surface area (Å²) < 4.78 is 41.0. The van der Waals surface area contributed by atoms with Gasteiger partial charge in [-0.05, 0) is 48.7 Å². The summed E-state index contributed by atoms with van der Waals surface area (Å²) in [6.45, 7) is 0. The molecule has 0 bridgehead atoms. The lowest BCUT2D eigenvalue weighted by atomic mass is 9.75. The van der Waals surface area contributed by atoms with Gasteiger partial charge in [-0.25, -0.2) is 0 Å². The Morgan fingerprint density at radius 1 is 1.16 bits per heavy atom. The van der Waals surface area contributed by atoms with Crippen LogP contribution in [0.25, 0.3) is 0 Å². The molecule has 2 N–H and O–H groups in total. The lowest BCUT2D eigenvalue weighted by Gasteiger charge is -2.40. The number of benzene rings is 2. The van der Waals surface area contributed by atoms with Crippen LogP contribution >= 0.6 is 27.5 Å². The maximum Gasteiger partial charge on any atom is 0.416 e. The van der Waals surface area contributed by atoms with E-state index in [0.29, 0.717) is 29.7 Å². The maximum absolute atomic E-state index is 13.4. The van der Waals surface area contributed by atoms with Crippen molar-refractivity contribution >= 4 is 39.0 Å². The molecule has 2 aromatic carbocycles. The van der Waals surface area contributed by atoms with Crippen molar-refractivity contribution in [3.8, 4) is 6.07 Å². The highest BCUT2D eigenvalue weighted by Gasteiger charge is 2.41. The summed E-state index contributed by atoms with van der Waals surface area (Å²) in [5.74, 6) is -0.890. The lowest BCUT2D eigenvalue weighted by molar-refractivity contribution is -0.137. The van der Waals surface area contributed by atoms with Crippen LogP contribution in [0.1, 0.15) is 36.3 Å². The van der Waals surface area contributed by atoms with Crippen LogP contribution in [0.5, 0.6) is 0 Å². The van der Waals surface area contributed by atoms with Crippen molar-refractivity contribution in [3.05, 3.63) is 85.8 Å². The fourth-order valence-electron chi connectivity index (χ4n) is 4.21. The number of rotatable bonds is 2. The zero-order valence-electron chi connectivity index (χ0n) is 16.5. The quantitative estimate of drug-likeness (QED) is 0.494. The molecule has 0 saturated carbocycles. The van der Waals surface area contributed by atoms with Crippen LogP contribution in [-0.2, 0) is 11.0 Å². The summed E-state index contributed by atoms with van der Waals surface area (Å²) in [4.78, 5) is 14.4. The van der Waals surface area contributed by atoms with E-state index in [4.69, 9.17) is 17.3 Å². The molecule has 1 aliphatic heterocycles. The van der Waals surface area contributed by atoms with Crippen molar-refractivity contribution < 1.29 is 18.0 Å². The SMILES string of the molecule is N#CC1=C(N)N(c2cc(C(F)(F)F)ccc2Cl)C2=C(C(=O)CCC2)[C@H]1c1ccc(Br)cc1. The molecule has 0 spiro atoms. The highest BCUT2D eigenvalue weighted by atomic mass is 79.9. The number of carbonyl (C=O) groups is 1. The van der Waals surface area contributed by atoms with Crippen LogP contribution in [0.3, 0.4) is 0 Å². The van der Waals surface area contributed by atoms with Gasteiger partial charge in [-0.2, -0.15) is 18.4 Å². The summed E-state index contributed by atoms with van der Waals surface area (Å²) >= 11 is 9.66. The molecule has 1 heterocycles. The summed E-state index contributed by atoms with van der Waals surface area (Å²) in [6, 6.07) is 12.2. The lowest BCUT2D eigenvalue weighted by Crippen LogP contribution is -2.39. The van der Waals surface area contributed by atoms with Crippen molar-refractivity contribution in [2.24, 2.45) is 5.73 Å². The Kier molecular flexibility index (Phi) is 5.82. The van der Waals surface area contributed by atoms with Gasteiger partial charge in [-0.1, -0.05) is 39.7 Å². The third-order valence-electron chi connectivity index (χ3n) is 5.63. The highest BCUT2D eigenvalue weighted by Crippen LogP contribution is 2.48. The molecule has 4 rings (SSSR count). The summed E-state index contributed by atoms with van der Waals surface area (Å²) in [7, 11) is 0. The van der Waals surface area contributed by atoms with E-state index in [-0.39, 0.29) is 34.3 Å². The molecule has 164 valence electrons. The van der Waals surface area contributed by atoms with Crippen LogP contribution in [0.4, 0.5) is 18.9 Å². The number of nitrogens with zero attached hydrogens (tertiary/aromatic N) is 2. The Morgan fingerprint density at radius 2 is 1.84 bits per heavy atom. The number of alkyl halides is 3. The second kappa shape index (κ2) is 8.30. The minimum Gasteiger partial charge on any atom is -0.384 e. The van der Waals surface area contributed by atoms with Crippen molar-refractivity contribution in [1.29, 1.82) is 5.26 Å². The number of hydrogen-bond donors (Lipinski definition) is 1. The number of hydrogen-bond acceptors (Lipinski definition) is 4. The Balaban J connectivity index is 1.98. The van der Waals surface area contributed by atoms with E-state index in [1.54, 1.807) is 24.3 Å². The van der Waals surface area contributed by atoms with E-state index >= 15 is 0 Å². The Labute approximate surface area is 195 Å². The molecular formula is C23H16BrClF3N3O. The van der Waals surface area contributed by atoms with Gasteiger partial charge < -0.3 is 5.73 Å².